The predicted octanol–water partition coefficient (Wildman–Crippen LogP) is 6.88. The first kappa shape index (κ1) is 15.0. The van der Waals surface area contributed by atoms with Gasteiger partial charge in [0.25, 0.3) is 0 Å². The maximum Gasteiger partial charge on any atom is 0.129 e. The van der Waals surface area contributed by atoms with E-state index in [-0.39, 0.29) is 10.6 Å². The molecule has 0 bridgehead atoms. The first-order valence-corrected chi connectivity index (χ1v) is 8.43. The van der Waals surface area contributed by atoms with Crippen molar-refractivity contribution in [2.24, 2.45) is 0 Å². The van der Waals surface area contributed by atoms with Crippen molar-refractivity contribution in [1.82, 2.24) is 0 Å². The Kier molecular flexibility index (Phi) is 4.34. The van der Waals surface area contributed by atoms with Gasteiger partial charge < -0.3 is 0 Å². The van der Waals surface area contributed by atoms with Crippen LogP contribution in [0.4, 0.5) is 4.39 Å². The smallest absolute Gasteiger partial charge is 0.129 e. The fourth-order valence-electron chi connectivity index (χ4n) is 2.41. The van der Waals surface area contributed by atoms with Crippen LogP contribution in [0.15, 0.2) is 59.1 Å². The molecule has 0 saturated heterocycles. The van der Waals surface area contributed by atoms with Gasteiger partial charge in [0.2, 0.25) is 0 Å². The first-order chi connectivity index (χ1) is 10.1. The molecule has 0 N–H and O–H groups in total. The van der Waals surface area contributed by atoms with Crippen molar-refractivity contribution >= 4 is 54.2 Å². The zero-order valence-electron chi connectivity index (χ0n) is 10.8. The molecule has 0 radical (unpaired) electrons. The molecular formula is C17H10Br2ClF. The van der Waals surface area contributed by atoms with Crippen LogP contribution < -0.4 is 0 Å². The predicted molar refractivity (Wildman–Crippen MR) is 93.8 cm³/mol. The summed E-state index contributed by atoms with van der Waals surface area (Å²) in [5, 5.41) is 2.57. The summed E-state index contributed by atoms with van der Waals surface area (Å²) >= 11 is 13.3. The van der Waals surface area contributed by atoms with Crippen LogP contribution in [-0.4, -0.2) is 0 Å². The lowest BCUT2D eigenvalue weighted by atomic mass is 9.98. The van der Waals surface area contributed by atoms with Gasteiger partial charge in [-0.25, -0.2) is 4.39 Å². The highest BCUT2D eigenvalue weighted by Gasteiger charge is 2.20. The van der Waals surface area contributed by atoms with Crippen LogP contribution in [0.2, 0.25) is 5.02 Å². The van der Waals surface area contributed by atoms with Crippen LogP contribution in [-0.2, 0) is 0 Å². The number of hydrogen-bond acceptors (Lipinski definition) is 0. The molecule has 0 spiro atoms. The summed E-state index contributed by atoms with van der Waals surface area (Å²) in [5.74, 6) is -0.309. The van der Waals surface area contributed by atoms with Gasteiger partial charge in [0, 0.05) is 15.1 Å². The fraction of sp³-hybridized carbons (Fsp3) is 0.0588. The van der Waals surface area contributed by atoms with Gasteiger partial charge in [-0.1, -0.05) is 79.9 Å². The summed E-state index contributed by atoms with van der Waals surface area (Å²) in [4.78, 5) is -0.302. The van der Waals surface area contributed by atoms with Crippen molar-refractivity contribution in [1.29, 1.82) is 0 Å². The average Bonchev–Trinajstić information content (AvgIpc) is 2.47. The lowest BCUT2D eigenvalue weighted by Crippen LogP contribution is -1.99. The van der Waals surface area contributed by atoms with Crippen molar-refractivity contribution in [2.45, 2.75) is 4.83 Å². The van der Waals surface area contributed by atoms with Gasteiger partial charge in [0.05, 0.1) is 4.83 Å². The maximum absolute atomic E-state index is 14.1. The second-order valence-electron chi connectivity index (χ2n) is 4.68. The SMILES string of the molecule is Fc1cccc(Cl)c1C(Br)c1ccc(Br)c2ccccc12. The molecule has 0 aromatic heterocycles. The molecule has 0 fully saturated rings. The van der Waals surface area contributed by atoms with E-state index >= 15 is 0 Å². The highest BCUT2D eigenvalue weighted by molar-refractivity contribution is 9.10. The fourth-order valence-corrected chi connectivity index (χ4v) is 4.16. The monoisotopic (exact) mass is 426 g/mol. The van der Waals surface area contributed by atoms with Crippen LogP contribution in [0.5, 0.6) is 0 Å². The molecule has 0 aliphatic rings. The standard InChI is InChI=1S/C17H10Br2ClF/c18-13-9-8-12(10-4-1-2-5-11(10)13)17(19)16-14(20)6-3-7-15(16)21/h1-9,17H. The van der Waals surface area contributed by atoms with Crippen LogP contribution in [0.1, 0.15) is 16.0 Å². The normalized spacial score (nSPS) is 12.6. The summed E-state index contributed by atoms with van der Waals surface area (Å²) in [6.45, 7) is 0. The number of benzene rings is 3. The summed E-state index contributed by atoms with van der Waals surface area (Å²) in [5.41, 5.74) is 1.45. The van der Waals surface area contributed by atoms with E-state index < -0.39 is 0 Å². The Morgan fingerprint density at radius 3 is 2.33 bits per heavy atom. The Morgan fingerprint density at radius 1 is 0.905 bits per heavy atom. The summed E-state index contributed by atoms with van der Waals surface area (Å²) < 4.78 is 15.2. The van der Waals surface area contributed by atoms with E-state index in [2.05, 4.69) is 31.9 Å². The highest BCUT2D eigenvalue weighted by Crippen LogP contribution is 2.41. The molecule has 0 amide bonds. The highest BCUT2D eigenvalue weighted by atomic mass is 79.9. The largest absolute Gasteiger partial charge is 0.207 e. The van der Waals surface area contributed by atoms with Crippen molar-refractivity contribution < 1.29 is 4.39 Å². The molecular weight excluding hydrogens is 418 g/mol. The molecule has 4 heteroatoms. The van der Waals surface area contributed by atoms with E-state index in [0.717, 1.165) is 20.8 Å². The van der Waals surface area contributed by atoms with Gasteiger partial charge in [-0.3, -0.25) is 0 Å². The van der Waals surface area contributed by atoms with Crippen molar-refractivity contribution in [2.75, 3.05) is 0 Å². The van der Waals surface area contributed by atoms with Gasteiger partial charge in [-0.15, -0.1) is 0 Å². The lowest BCUT2D eigenvalue weighted by Gasteiger charge is -2.16. The molecule has 1 unspecified atom stereocenters. The molecule has 106 valence electrons. The van der Waals surface area contributed by atoms with Crippen molar-refractivity contribution in [3.63, 3.8) is 0 Å². The third-order valence-electron chi connectivity index (χ3n) is 3.43. The Balaban J connectivity index is 2.23. The zero-order chi connectivity index (χ0) is 15.0. The first-order valence-electron chi connectivity index (χ1n) is 6.34. The van der Waals surface area contributed by atoms with Gasteiger partial charge in [0.15, 0.2) is 0 Å². The number of halogens is 4. The number of rotatable bonds is 2. The van der Waals surface area contributed by atoms with E-state index in [1.54, 1.807) is 12.1 Å². The van der Waals surface area contributed by atoms with Gasteiger partial charge in [0.1, 0.15) is 5.82 Å². The molecule has 0 aliphatic carbocycles. The number of hydrogen-bond donors (Lipinski definition) is 0. The zero-order valence-corrected chi connectivity index (χ0v) is 14.7. The van der Waals surface area contributed by atoms with Crippen LogP contribution in [0, 0.1) is 5.82 Å². The topological polar surface area (TPSA) is 0 Å². The maximum atomic E-state index is 14.1. The molecule has 21 heavy (non-hydrogen) atoms. The summed E-state index contributed by atoms with van der Waals surface area (Å²) in [6, 6.07) is 16.7. The minimum Gasteiger partial charge on any atom is -0.207 e. The Labute approximate surface area is 144 Å². The molecule has 0 aliphatic heterocycles. The second kappa shape index (κ2) is 6.07. The van der Waals surface area contributed by atoms with Gasteiger partial charge in [-0.05, 0) is 34.5 Å². The summed E-state index contributed by atoms with van der Waals surface area (Å²) in [6.07, 6.45) is 0. The third kappa shape index (κ3) is 2.75. The Bertz CT molecular complexity index is 797. The average molecular weight is 429 g/mol. The number of alkyl halides is 1. The molecule has 0 saturated carbocycles. The van der Waals surface area contributed by atoms with Gasteiger partial charge in [-0.2, -0.15) is 0 Å². The van der Waals surface area contributed by atoms with E-state index in [0.29, 0.717) is 10.6 Å². The van der Waals surface area contributed by atoms with E-state index in [1.165, 1.54) is 6.07 Å². The van der Waals surface area contributed by atoms with E-state index in [9.17, 15) is 4.39 Å². The molecule has 3 rings (SSSR count). The summed E-state index contributed by atoms with van der Waals surface area (Å²) in [7, 11) is 0. The van der Waals surface area contributed by atoms with Crippen LogP contribution in [0.25, 0.3) is 10.8 Å². The third-order valence-corrected chi connectivity index (χ3v) is 5.40. The minimum absolute atomic E-state index is 0.302. The Hall–Kier alpha value is -0.900. The lowest BCUT2D eigenvalue weighted by molar-refractivity contribution is 0.614. The number of fused-ring (bicyclic) bond motifs is 1. The van der Waals surface area contributed by atoms with Crippen molar-refractivity contribution in [3.8, 4) is 0 Å². The molecule has 1 atom stereocenters. The van der Waals surface area contributed by atoms with Gasteiger partial charge >= 0.3 is 0 Å². The molecule has 0 heterocycles. The Morgan fingerprint density at radius 2 is 1.62 bits per heavy atom. The van der Waals surface area contributed by atoms with E-state index in [1.807, 2.05) is 36.4 Å². The van der Waals surface area contributed by atoms with Crippen LogP contribution in [0.3, 0.4) is 0 Å². The minimum atomic E-state index is -0.309. The van der Waals surface area contributed by atoms with Crippen LogP contribution >= 0.6 is 43.5 Å². The second-order valence-corrected chi connectivity index (χ2v) is 6.86. The van der Waals surface area contributed by atoms with Crippen molar-refractivity contribution in [3.05, 3.63) is 81.0 Å². The molecule has 0 nitrogen and oxygen atoms in total. The van der Waals surface area contributed by atoms with E-state index in [4.69, 9.17) is 11.6 Å². The molecule has 3 aromatic rings. The molecule has 3 aromatic carbocycles. The quantitative estimate of drug-likeness (QED) is 0.390.